The predicted octanol–water partition coefficient (Wildman–Crippen LogP) is 8.46. The zero-order valence-electron chi connectivity index (χ0n) is 34.5. The number of imidazole rings is 2. The molecule has 0 aliphatic carbocycles. The van der Waals surface area contributed by atoms with Gasteiger partial charge in [-0.05, 0) is 40.7 Å². The number of hydrogen-bond donors (Lipinski definition) is 4. The van der Waals surface area contributed by atoms with Crippen LogP contribution in [0.3, 0.4) is 0 Å². The minimum Gasteiger partial charge on any atom is -0.453 e. The first-order valence-electron chi connectivity index (χ1n) is 20.0. The first-order valence-corrected chi connectivity index (χ1v) is 20.4. The summed E-state index contributed by atoms with van der Waals surface area (Å²) in [5, 5.41) is 5.70. The molecule has 316 valence electrons. The Labute approximate surface area is 359 Å². The van der Waals surface area contributed by atoms with Crippen LogP contribution in [-0.2, 0) is 32.2 Å². The summed E-state index contributed by atoms with van der Waals surface area (Å²) in [5.41, 5.74) is 6.34. The molecule has 2 unspecified atom stereocenters. The average molecular weight is 845 g/mol. The number of amides is 4. The summed E-state index contributed by atoms with van der Waals surface area (Å²) < 4.78 is 9.61. The fraction of sp³-hybridized carbons (Fsp3) is 0.261. The number of methoxy groups -OCH3 is 2. The van der Waals surface area contributed by atoms with Gasteiger partial charge < -0.3 is 39.9 Å². The van der Waals surface area contributed by atoms with Crippen LogP contribution in [0, 0.1) is 0 Å². The molecule has 4 N–H and O–H groups in total. The highest BCUT2D eigenvalue weighted by Crippen LogP contribution is 2.30. The number of hydrogen-bond acceptors (Lipinski definition) is 8. The van der Waals surface area contributed by atoms with E-state index >= 15 is 0 Å². The van der Waals surface area contributed by atoms with Crippen LogP contribution in [0.5, 0.6) is 0 Å². The summed E-state index contributed by atoms with van der Waals surface area (Å²) in [6.45, 7) is 5.23. The van der Waals surface area contributed by atoms with E-state index < -0.39 is 24.3 Å². The standard InChI is InChI=1S/C46H49ClN8O6/c1-5-25-54(43(56)40(52-45(58)60-3)33-13-9-7-10-14-33)28-37-48-27-36(49-37)32-21-17-30(18-22-32)31-19-23-35(24-20-31)39-42(47)51-38(50-39)29-55(26-6-2)44(57)41(53-46(59)61-4)34-15-11-8-12-16-34/h7-24,27,40-41H,5-6,25-26,28-29H2,1-4H3,(H,48,49)(H,50,51)(H,52,58)(H,53,59). The van der Waals surface area contributed by atoms with Gasteiger partial charge in [0.2, 0.25) is 11.8 Å². The van der Waals surface area contributed by atoms with Crippen LogP contribution in [-0.4, -0.2) is 81.0 Å². The minimum absolute atomic E-state index is 0.152. The maximum absolute atomic E-state index is 13.9. The van der Waals surface area contributed by atoms with Gasteiger partial charge in [-0.3, -0.25) is 9.59 Å². The lowest BCUT2D eigenvalue weighted by atomic mass is 10.0. The number of rotatable bonds is 17. The lowest BCUT2D eigenvalue weighted by Gasteiger charge is -2.27. The number of carbonyl (C=O) groups excluding carboxylic acids is 4. The second-order valence-corrected chi connectivity index (χ2v) is 14.6. The first-order chi connectivity index (χ1) is 29.6. The van der Waals surface area contributed by atoms with Gasteiger partial charge in [0.25, 0.3) is 0 Å². The SMILES string of the molecule is CCCN(Cc1ncc(-c2ccc(-c3ccc(-c4nc(CN(CCC)C(=O)C(NC(=O)OC)c5ccccc5)[nH]c4Cl)cc3)cc2)[nH]1)C(=O)C(NC(=O)OC)c1ccccc1. The Balaban J connectivity index is 1.12. The van der Waals surface area contributed by atoms with E-state index in [2.05, 4.69) is 25.6 Å². The van der Waals surface area contributed by atoms with Crippen molar-refractivity contribution in [3.05, 3.63) is 143 Å². The van der Waals surface area contributed by atoms with Crippen LogP contribution in [0.2, 0.25) is 5.15 Å². The number of nitrogens with one attached hydrogen (secondary N) is 4. The van der Waals surface area contributed by atoms with E-state index in [1.165, 1.54) is 14.2 Å². The number of benzene rings is 4. The zero-order chi connectivity index (χ0) is 43.3. The van der Waals surface area contributed by atoms with E-state index in [0.717, 1.165) is 27.9 Å². The van der Waals surface area contributed by atoms with Crippen molar-refractivity contribution in [1.82, 2.24) is 40.4 Å². The Morgan fingerprint density at radius 2 is 1.07 bits per heavy atom. The number of H-pyrrole nitrogens is 2. The summed E-state index contributed by atoms with van der Waals surface area (Å²) in [6, 6.07) is 32.2. The van der Waals surface area contributed by atoms with Crippen LogP contribution in [0.15, 0.2) is 115 Å². The van der Waals surface area contributed by atoms with Crippen molar-refractivity contribution in [2.24, 2.45) is 0 Å². The molecule has 6 rings (SSSR count). The Morgan fingerprint density at radius 1 is 0.623 bits per heavy atom. The molecule has 0 radical (unpaired) electrons. The molecule has 0 fully saturated rings. The van der Waals surface area contributed by atoms with Gasteiger partial charge in [-0.1, -0.05) is 135 Å². The van der Waals surface area contributed by atoms with Crippen LogP contribution < -0.4 is 10.6 Å². The highest BCUT2D eigenvalue weighted by atomic mass is 35.5. The van der Waals surface area contributed by atoms with Gasteiger partial charge in [0, 0.05) is 18.7 Å². The van der Waals surface area contributed by atoms with Gasteiger partial charge in [-0.15, -0.1) is 0 Å². The van der Waals surface area contributed by atoms with Gasteiger partial charge in [-0.2, -0.15) is 0 Å². The molecule has 0 aliphatic rings. The van der Waals surface area contributed by atoms with Crippen molar-refractivity contribution in [1.29, 1.82) is 0 Å². The topological polar surface area (TPSA) is 175 Å². The molecule has 4 aromatic carbocycles. The third-order valence-corrected chi connectivity index (χ3v) is 10.2. The molecule has 0 spiro atoms. The van der Waals surface area contributed by atoms with Crippen molar-refractivity contribution in [3.63, 3.8) is 0 Å². The molecular formula is C46H49ClN8O6. The third-order valence-electron chi connectivity index (χ3n) is 9.97. The Morgan fingerprint density at radius 3 is 1.52 bits per heavy atom. The second-order valence-electron chi connectivity index (χ2n) is 14.2. The van der Waals surface area contributed by atoms with E-state index in [1.807, 2.05) is 98.8 Å². The molecule has 14 nitrogen and oxygen atoms in total. The molecule has 2 atom stereocenters. The van der Waals surface area contributed by atoms with Gasteiger partial charge in [-0.25, -0.2) is 19.6 Å². The largest absolute Gasteiger partial charge is 0.453 e. The molecule has 2 heterocycles. The number of carbonyl (C=O) groups is 4. The molecule has 0 saturated carbocycles. The normalized spacial score (nSPS) is 11.9. The molecule has 2 aromatic heterocycles. The van der Waals surface area contributed by atoms with Crippen molar-refractivity contribution in [2.75, 3.05) is 27.3 Å². The zero-order valence-corrected chi connectivity index (χ0v) is 35.2. The number of nitrogens with zero attached hydrogens (tertiary/aromatic N) is 4. The predicted molar refractivity (Wildman–Crippen MR) is 233 cm³/mol. The Hall–Kier alpha value is -6.93. The fourth-order valence-electron chi connectivity index (χ4n) is 6.94. The quantitative estimate of drug-likeness (QED) is 0.0708. The monoisotopic (exact) mass is 844 g/mol. The summed E-state index contributed by atoms with van der Waals surface area (Å²) >= 11 is 6.68. The maximum Gasteiger partial charge on any atom is 0.407 e. The number of ether oxygens (including phenoxy) is 2. The van der Waals surface area contributed by atoms with Crippen LogP contribution in [0.1, 0.15) is 61.5 Å². The molecule has 61 heavy (non-hydrogen) atoms. The highest BCUT2D eigenvalue weighted by molar-refractivity contribution is 6.31. The number of alkyl carbamates (subject to hydrolysis) is 2. The molecule has 15 heteroatoms. The van der Waals surface area contributed by atoms with Gasteiger partial charge in [0.1, 0.15) is 34.6 Å². The molecule has 4 amide bonds. The van der Waals surface area contributed by atoms with Gasteiger partial charge in [0.05, 0.1) is 39.2 Å². The third kappa shape index (κ3) is 11.0. The molecule has 0 saturated heterocycles. The van der Waals surface area contributed by atoms with Crippen LogP contribution >= 0.6 is 11.6 Å². The molecule has 0 aliphatic heterocycles. The molecular weight excluding hydrogens is 796 g/mol. The Bertz CT molecular complexity index is 2390. The molecule has 0 bridgehead atoms. The number of aromatic amines is 2. The Kier molecular flexibility index (Phi) is 14.9. The van der Waals surface area contributed by atoms with E-state index in [-0.39, 0.29) is 24.9 Å². The van der Waals surface area contributed by atoms with Crippen LogP contribution in [0.4, 0.5) is 9.59 Å². The first kappa shape index (κ1) is 43.6. The van der Waals surface area contributed by atoms with E-state index in [4.69, 9.17) is 26.1 Å². The maximum atomic E-state index is 13.9. The smallest absolute Gasteiger partial charge is 0.407 e. The van der Waals surface area contributed by atoms with Crippen LogP contribution in [0.25, 0.3) is 33.6 Å². The second kappa shape index (κ2) is 20.9. The van der Waals surface area contributed by atoms with Gasteiger partial charge >= 0.3 is 12.2 Å². The van der Waals surface area contributed by atoms with E-state index in [1.54, 1.807) is 40.3 Å². The fourth-order valence-corrected chi connectivity index (χ4v) is 7.20. The summed E-state index contributed by atoms with van der Waals surface area (Å²) in [5.74, 6) is 0.545. The highest BCUT2D eigenvalue weighted by Gasteiger charge is 2.30. The summed E-state index contributed by atoms with van der Waals surface area (Å²) in [7, 11) is 2.52. The average Bonchev–Trinajstić information content (AvgIpc) is 3.92. The minimum atomic E-state index is -0.944. The number of aromatic nitrogens is 4. The lowest BCUT2D eigenvalue weighted by molar-refractivity contribution is -0.135. The molecule has 6 aromatic rings. The van der Waals surface area contributed by atoms with E-state index in [0.29, 0.717) is 59.6 Å². The van der Waals surface area contributed by atoms with E-state index in [9.17, 15) is 19.2 Å². The van der Waals surface area contributed by atoms with Crippen molar-refractivity contribution >= 4 is 35.6 Å². The summed E-state index contributed by atoms with van der Waals surface area (Å²) in [4.78, 5) is 71.2. The van der Waals surface area contributed by atoms with Crippen molar-refractivity contribution < 1.29 is 28.7 Å². The van der Waals surface area contributed by atoms with Gasteiger partial charge in [0.15, 0.2) is 0 Å². The van der Waals surface area contributed by atoms with Crippen molar-refractivity contribution in [2.45, 2.75) is 51.9 Å². The number of halogens is 1. The summed E-state index contributed by atoms with van der Waals surface area (Å²) in [6.07, 6.45) is 1.75. The lowest BCUT2D eigenvalue weighted by Crippen LogP contribution is -2.43. The van der Waals surface area contributed by atoms with Crippen molar-refractivity contribution in [3.8, 4) is 33.6 Å².